The molecule has 0 aliphatic rings. The molecule has 3 N–H and O–H groups in total. The van der Waals surface area contributed by atoms with Crippen molar-refractivity contribution in [2.45, 2.75) is 26.2 Å². The Hall–Kier alpha value is -1.29. The van der Waals surface area contributed by atoms with Crippen LogP contribution in [0.15, 0.2) is 18.5 Å². The number of unbranched alkanes of at least 4 members (excludes halogenated alkanes) is 1. The van der Waals surface area contributed by atoms with Gasteiger partial charge in [-0.2, -0.15) is 0 Å². The summed E-state index contributed by atoms with van der Waals surface area (Å²) in [6.45, 7) is 4.71. The third-order valence-corrected chi connectivity index (χ3v) is 2.28. The largest absolute Gasteiger partial charge is 0.396 e. The van der Waals surface area contributed by atoms with Gasteiger partial charge < -0.3 is 15.8 Å². The molecule has 90 valence electrons. The summed E-state index contributed by atoms with van der Waals surface area (Å²) < 4.78 is 5.46. The third kappa shape index (κ3) is 4.98. The first-order valence-corrected chi connectivity index (χ1v) is 5.85. The molecule has 1 aromatic heterocycles. The fourth-order valence-electron chi connectivity index (χ4n) is 1.31. The average molecular weight is 223 g/mol. The molecule has 1 rings (SSSR count). The number of nitrogens with one attached hydrogen (secondary N) is 1. The number of rotatable bonds is 8. The molecule has 0 spiro atoms. The highest BCUT2D eigenvalue weighted by Crippen LogP contribution is 2.14. The summed E-state index contributed by atoms with van der Waals surface area (Å²) in [7, 11) is 0. The SMILES string of the molecule is CCCCOCCCNc1ccncc1N. The first-order chi connectivity index (χ1) is 7.84. The Balaban J connectivity index is 2.05. The van der Waals surface area contributed by atoms with E-state index in [0.29, 0.717) is 5.69 Å². The summed E-state index contributed by atoms with van der Waals surface area (Å²) >= 11 is 0. The lowest BCUT2D eigenvalue weighted by atomic mass is 10.3. The van der Waals surface area contributed by atoms with E-state index in [1.807, 2.05) is 6.07 Å². The lowest BCUT2D eigenvalue weighted by Gasteiger charge is -2.08. The van der Waals surface area contributed by atoms with E-state index in [0.717, 1.165) is 38.3 Å². The highest BCUT2D eigenvalue weighted by Gasteiger charge is 1.96. The van der Waals surface area contributed by atoms with Crippen LogP contribution in [-0.2, 0) is 4.74 Å². The number of ether oxygens (including phenoxy) is 1. The zero-order valence-electron chi connectivity index (χ0n) is 9.91. The molecule has 0 aromatic carbocycles. The first kappa shape index (κ1) is 12.8. The molecule has 0 unspecified atom stereocenters. The number of aromatic nitrogens is 1. The highest BCUT2D eigenvalue weighted by molar-refractivity contribution is 5.63. The van der Waals surface area contributed by atoms with Gasteiger partial charge in [-0.1, -0.05) is 13.3 Å². The van der Waals surface area contributed by atoms with Gasteiger partial charge >= 0.3 is 0 Å². The van der Waals surface area contributed by atoms with Crippen LogP contribution < -0.4 is 11.1 Å². The van der Waals surface area contributed by atoms with Crippen molar-refractivity contribution in [1.82, 2.24) is 4.98 Å². The van der Waals surface area contributed by atoms with Crippen LogP contribution in [0.3, 0.4) is 0 Å². The standard InChI is InChI=1S/C12H21N3O/c1-2-3-8-16-9-4-6-15-12-5-7-14-10-11(12)13/h5,7,10H,2-4,6,8-9,13H2,1H3,(H,14,15). The van der Waals surface area contributed by atoms with Gasteiger partial charge in [0.1, 0.15) is 0 Å². The van der Waals surface area contributed by atoms with Crippen LogP contribution in [-0.4, -0.2) is 24.7 Å². The monoisotopic (exact) mass is 223 g/mol. The van der Waals surface area contributed by atoms with Gasteiger partial charge in [-0.3, -0.25) is 4.98 Å². The van der Waals surface area contributed by atoms with Crippen molar-refractivity contribution in [3.05, 3.63) is 18.5 Å². The van der Waals surface area contributed by atoms with Gasteiger partial charge in [0.2, 0.25) is 0 Å². The van der Waals surface area contributed by atoms with Crippen LogP contribution in [0.4, 0.5) is 11.4 Å². The molecular formula is C12H21N3O. The maximum Gasteiger partial charge on any atom is 0.0736 e. The van der Waals surface area contributed by atoms with E-state index in [9.17, 15) is 0 Å². The van der Waals surface area contributed by atoms with Crippen molar-refractivity contribution in [3.8, 4) is 0 Å². The zero-order chi connectivity index (χ0) is 11.6. The maximum atomic E-state index is 5.74. The topological polar surface area (TPSA) is 60.2 Å². The average Bonchev–Trinajstić information content (AvgIpc) is 2.30. The molecule has 0 aliphatic heterocycles. The number of hydrogen-bond acceptors (Lipinski definition) is 4. The smallest absolute Gasteiger partial charge is 0.0736 e. The van der Waals surface area contributed by atoms with Crippen LogP contribution >= 0.6 is 0 Å². The van der Waals surface area contributed by atoms with Gasteiger partial charge in [-0.25, -0.2) is 0 Å². The summed E-state index contributed by atoms with van der Waals surface area (Å²) in [5.41, 5.74) is 7.38. The fourth-order valence-corrected chi connectivity index (χ4v) is 1.31. The minimum atomic E-state index is 0.689. The van der Waals surface area contributed by atoms with Crippen molar-refractivity contribution in [2.75, 3.05) is 30.8 Å². The maximum absolute atomic E-state index is 5.74. The number of nitrogens with two attached hydrogens (primary N) is 1. The molecule has 0 fully saturated rings. The van der Waals surface area contributed by atoms with Crippen LogP contribution in [0.2, 0.25) is 0 Å². The Morgan fingerprint density at radius 2 is 2.19 bits per heavy atom. The molecule has 0 bridgehead atoms. The minimum absolute atomic E-state index is 0.689. The molecular weight excluding hydrogens is 202 g/mol. The molecule has 0 radical (unpaired) electrons. The second kappa shape index (κ2) is 7.93. The molecule has 0 amide bonds. The van der Waals surface area contributed by atoms with E-state index in [1.165, 1.54) is 6.42 Å². The molecule has 0 saturated heterocycles. The second-order valence-corrected chi connectivity index (χ2v) is 3.71. The third-order valence-electron chi connectivity index (χ3n) is 2.28. The van der Waals surface area contributed by atoms with Crippen LogP contribution in [0.25, 0.3) is 0 Å². The number of nitrogens with zero attached hydrogens (tertiary/aromatic N) is 1. The van der Waals surface area contributed by atoms with E-state index in [-0.39, 0.29) is 0 Å². The van der Waals surface area contributed by atoms with Crippen molar-refractivity contribution >= 4 is 11.4 Å². The lowest BCUT2D eigenvalue weighted by Crippen LogP contribution is -2.07. The molecule has 0 saturated carbocycles. The van der Waals surface area contributed by atoms with Gasteiger partial charge in [0.25, 0.3) is 0 Å². The quantitative estimate of drug-likeness (QED) is 0.664. The van der Waals surface area contributed by atoms with Crippen molar-refractivity contribution < 1.29 is 4.74 Å². The molecule has 1 aromatic rings. The Bertz CT molecular complexity index is 291. The predicted molar refractivity (Wildman–Crippen MR) is 67.5 cm³/mol. The molecule has 0 aliphatic carbocycles. The lowest BCUT2D eigenvalue weighted by molar-refractivity contribution is 0.131. The van der Waals surface area contributed by atoms with Gasteiger partial charge in [-0.15, -0.1) is 0 Å². The van der Waals surface area contributed by atoms with Gasteiger partial charge in [0.05, 0.1) is 17.6 Å². The summed E-state index contributed by atoms with van der Waals surface area (Å²) in [6, 6.07) is 1.88. The predicted octanol–water partition coefficient (Wildman–Crippen LogP) is 2.28. The van der Waals surface area contributed by atoms with E-state index >= 15 is 0 Å². The number of hydrogen-bond donors (Lipinski definition) is 2. The van der Waals surface area contributed by atoms with Crippen LogP contribution in [0, 0.1) is 0 Å². The first-order valence-electron chi connectivity index (χ1n) is 5.85. The fraction of sp³-hybridized carbons (Fsp3) is 0.583. The Labute approximate surface area is 97.2 Å². The van der Waals surface area contributed by atoms with Crippen molar-refractivity contribution in [2.24, 2.45) is 0 Å². The molecule has 4 nitrogen and oxygen atoms in total. The molecule has 16 heavy (non-hydrogen) atoms. The van der Waals surface area contributed by atoms with Crippen molar-refractivity contribution in [1.29, 1.82) is 0 Å². The molecule has 1 heterocycles. The zero-order valence-corrected chi connectivity index (χ0v) is 9.91. The van der Waals surface area contributed by atoms with Gasteiger partial charge in [0.15, 0.2) is 0 Å². The Kier molecular flexibility index (Phi) is 6.33. The molecule has 0 atom stereocenters. The van der Waals surface area contributed by atoms with Crippen LogP contribution in [0.1, 0.15) is 26.2 Å². The van der Waals surface area contributed by atoms with Crippen molar-refractivity contribution in [3.63, 3.8) is 0 Å². The number of pyridine rings is 1. The Morgan fingerprint density at radius 1 is 1.38 bits per heavy atom. The second-order valence-electron chi connectivity index (χ2n) is 3.71. The minimum Gasteiger partial charge on any atom is -0.396 e. The summed E-state index contributed by atoms with van der Waals surface area (Å²) in [5.74, 6) is 0. The van der Waals surface area contributed by atoms with Gasteiger partial charge in [0, 0.05) is 26.0 Å². The normalized spacial score (nSPS) is 10.3. The summed E-state index contributed by atoms with van der Waals surface area (Å²) in [5, 5.41) is 3.26. The summed E-state index contributed by atoms with van der Waals surface area (Å²) in [4.78, 5) is 3.93. The molecule has 4 heteroatoms. The number of nitrogen functional groups attached to an aromatic ring is 1. The Morgan fingerprint density at radius 3 is 2.94 bits per heavy atom. The van der Waals surface area contributed by atoms with Crippen LogP contribution in [0.5, 0.6) is 0 Å². The summed E-state index contributed by atoms with van der Waals surface area (Å²) in [6.07, 6.45) is 6.71. The van der Waals surface area contributed by atoms with E-state index in [1.54, 1.807) is 12.4 Å². The van der Waals surface area contributed by atoms with Gasteiger partial charge in [-0.05, 0) is 18.9 Å². The highest BCUT2D eigenvalue weighted by atomic mass is 16.5. The van der Waals surface area contributed by atoms with E-state index in [4.69, 9.17) is 10.5 Å². The van der Waals surface area contributed by atoms with E-state index in [2.05, 4.69) is 17.2 Å². The van der Waals surface area contributed by atoms with E-state index < -0.39 is 0 Å². The number of anilines is 2.